The molecule has 94 valence electrons. The smallest absolute Gasteiger partial charge is 0.129 e. The molecule has 1 N–H and O–H groups in total. The largest absolute Gasteiger partial charge is 0.309 e. The number of hydrogen-bond acceptors (Lipinski definition) is 1. The van der Waals surface area contributed by atoms with Gasteiger partial charge in [0.25, 0.3) is 0 Å². The molecular formula is C14H12BrClFN. The van der Waals surface area contributed by atoms with E-state index in [1.165, 1.54) is 6.07 Å². The Kier molecular flexibility index (Phi) is 4.38. The molecule has 2 aromatic rings. The van der Waals surface area contributed by atoms with Crippen molar-refractivity contribution in [1.29, 1.82) is 0 Å². The molecule has 0 bridgehead atoms. The molecule has 0 heterocycles. The summed E-state index contributed by atoms with van der Waals surface area (Å²) in [7, 11) is 1.80. The number of rotatable bonds is 3. The van der Waals surface area contributed by atoms with Gasteiger partial charge in [-0.2, -0.15) is 0 Å². The van der Waals surface area contributed by atoms with Crippen molar-refractivity contribution in [3.8, 4) is 0 Å². The van der Waals surface area contributed by atoms with Crippen LogP contribution in [-0.2, 0) is 0 Å². The molecule has 1 unspecified atom stereocenters. The molecule has 2 rings (SSSR count). The Morgan fingerprint density at radius 1 is 1.17 bits per heavy atom. The van der Waals surface area contributed by atoms with Gasteiger partial charge in [-0.1, -0.05) is 45.7 Å². The Balaban J connectivity index is 2.48. The first-order valence-corrected chi connectivity index (χ1v) is 6.67. The van der Waals surface area contributed by atoms with E-state index in [0.717, 1.165) is 10.0 Å². The summed E-state index contributed by atoms with van der Waals surface area (Å²) in [6.07, 6.45) is 0. The molecule has 0 aliphatic rings. The van der Waals surface area contributed by atoms with E-state index in [9.17, 15) is 4.39 Å². The Hall–Kier alpha value is -0.900. The Labute approximate surface area is 119 Å². The summed E-state index contributed by atoms with van der Waals surface area (Å²) in [6, 6.07) is 12.1. The molecule has 0 aliphatic carbocycles. The van der Waals surface area contributed by atoms with E-state index >= 15 is 0 Å². The van der Waals surface area contributed by atoms with Crippen LogP contribution in [0.25, 0.3) is 0 Å². The Morgan fingerprint density at radius 2 is 1.83 bits per heavy atom. The maximum atomic E-state index is 14.0. The van der Waals surface area contributed by atoms with Gasteiger partial charge in [-0.3, -0.25) is 0 Å². The van der Waals surface area contributed by atoms with E-state index in [1.54, 1.807) is 25.2 Å². The highest BCUT2D eigenvalue weighted by molar-refractivity contribution is 9.10. The predicted octanol–water partition coefficient (Wildman–Crippen LogP) is 4.55. The van der Waals surface area contributed by atoms with Crippen LogP contribution < -0.4 is 5.32 Å². The van der Waals surface area contributed by atoms with Gasteiger partial charge < -0.3 is 5.32 Å². The normalized spacial score (nSPS) is 12.4. The van der Waals surface area contributed by atoms with Crippen molar-refractivity contribution in [2.45, 2.75) is 6.04 Å². The quantitative estimate of drug-likeness (QED) is 0.871. The lowest BCUT2D eigenvalue weighted by atomic mass is 9.98. The van der Waals surface area contributed by atoms with Gasteiger partial charge in [0.2, 0.25) is 0 Å². The van der Waals surface area contributed by atoms with Crippen LogP contribution in [0.3, 0.4) is 0 Å². The van der Waals surface area contributed by atoms with Gasteiger partial charge in [0.05, 0.1) is 6.04 Å². The van der Waals surface area contributed by atoms with Crippen LogP contribution in [0.1, 0.15) is 17.2 Å². The highest BCUT2D eigenvalue weighted by atomic mass is 79.9. The summed E-state index contributed by atoms with van der Waals surface area (Å²) in [5, 5.41) is 3.79. The van der Waals surface area contributed by atoms with Crippen molar-refractivity contribution in [2.75, 3.05) is 7.05 Å². The molecule has 0 aromatic heterocycles. The molecule has 4 heteroatoms. The van der Waals surface area contributed by atoms with Crippen LogP contribution in [0.4, 0.5) is 4.39 Å². The summed E-state index contributed by atoms with van der Waals surface area (Å²) in [4.78, 5) is 0. The minimum absolute atomic E-state index is 0.210. The molecule has 2 aromatic carbocycles. The fraction of sp³-hybridized carbons (Fsp3) is 0.143. The van der Waals surface area contributed by atoms with Crippen molar-refractivity contribution < 1.29 is 4.39 Å². The van der Waals surface area contributed by atoms with Gasteiger partial charge in [0.15, 0.2) is 0 Å². The zero-order valence-corrected chi connectivity index (χ0v) is 12.1. The lowest BCUT2D eigenvalue weighted by Crippen LogP contribution is -2.19. The van der Waals surface area contributed by atoms with Crippen LogP contribution >= 0.6 is 27.5 Å². The summed E-state index contributed by atoms with van der Waals surface area (Å²) >= 11 is 9.26. The fourth-order valence-corrected chi connectivity index (χ4v) is 2.62. The maximum absolute atomic E-state index is 14.0. The standard InChI is InChI=1S/C14H12BrClFN/c1-18-14(9-5-7-10(16)8-6-9)13-11(15)3-2-4-12(13)17/h2-8,14,18H,1H3. The lowest BCUT2D eigenvalue weighted by molar-refractivity contribution is 0.574. The molecule has 0 saturated carbocycles. The van der Waals surface area contributed by atoms with Crippen LogP contribution in [0.2, 0.25) is 5.02 Å². The number of hydrogen-bond donors (Lipinski definition) is 1. The number of nitrogens with one attached hydrogen (secondary N) is 1. The zero-order chi connectivity index (χ0) is 13.1. The van der Waals surface area contributed by atoms with Crippen LogP contribution in [0.15, 0.2) is 46.9 Å². The monoisotopic (exact) mass is 327 g/mol. The van der Waals surface area contributed by atoms with Crippen molar-refractivity contribution in [1.82, 2.24) is 5.32 Å². The topological polar surface area (TPSA) is 12.0 Å². The summed E-state index contributed by atoms with van der Waals surface area (Å²) in [5.74, 6) is -0.237. The SMILES string of the molecule is CNC(c1ccc(Cl)cc1)c1c(F)cccc1Br. The molecule has 1 nitrogen and oxygen atoms in total. The molecule has 0 fully saturated rings. The van der Waals surface area contributed by atoms with Gasteiger partial charge in [-0.05, 0) is 36.9 Å². The molecule has 1 atom stereocenters. The molecular weight excluding hydrogens is 317 g/mol. The third kappa shape index (κ3) is 2.74. The molecule has 0 amide bonds. The number of halogens is 3. The summed E-state index contributed by atoms with van der Waals surface area (Å²) < 4.78 is 14.7. The van der Waals surface area contributed by atoms with Gasteiger partial charge in [-0.25, -0.2) is 4.39 Å². The van der Waals surface area contributed by atoms with Crippen LogP contribution in [-0.4, -0.2) is 7.05 Å². The summed E-state index contributed by atoms with van der Waals surface area (Å²) in [6.45, 7) is 0. The lowest BCUT2D eigenvalue weighted by Gasteiger charge is -2.19. The van der Waals surface area contributed by atoms with E-state index in [0.29, 0.717) is 10.6 Å². The molecule has 0 spiro atoms. The number of benzene rings is 2. The van der Waals surface area contributed by atoms with Crippen molar-refractivity contribution >= 4 is 27.5 Å². The predicted molar refractivity (Wildman–Crippen MR) is 76.5 cm³/mol. The second kappa shape index (κ2) is 5.83. The van der Waals surface area contributed by atoms with Gasteiger partial charge in [0, 0.05) is 15.1 Å². The second-order valence-corrected chi connectivity index (χ2v) is 5.20. The highest BCUT2D eigenvalue weighted by Crippen LogP contribution is 2.31. The van der Waals surface area contributed by atoms with E-state index in [1.807, 2.05) is 18.2 Å². The Morgan fingerprint density at radius 3 is 2.39 bits per heavy atom. The first-order chi connectivity index (χ1) is 8.63. The van der Waals surface area contributed by atoms with Gasteiger partial charge in [-0.15, -0.1) is 0 Å². The van der Waals surface area contributed by atoms with E-state index < -0.39 is 0 Å². The molecule has 0 radical (unpaired) electrons. The van der Waals surface area contributed by atoms with Crippen LogP contribution in [0.5, 0.6) is 0 Å². The third-order valence-electron chi connectivity index (χ3n) is 2.78. The summed E-state index contributed by atoms with van der Waals surface area (Å²) in [5.41, 5.74) is 1.56. The van der Waals surface area contributed by atoms with E-state index in [2.05, 4.69) is 21.2 Å². The maximum Gasteiger partial charge on any atom is 0.129 e. The van der Waals surface area contributed by atoms with Gasteiger partial charge in [0.1, 0.15) is 5.82 Å². The Bertz CT molecular complexity index is 522. The average molecular weight is 329 g/mol. The first-order valence-electron chi connectivity index (χ1n) is 5.50. The van der Waals surface area contributed by atoms with E-state index in [4.69, 9.17) is 11.6 Å². The molecule has 18 heavy (non-hydrogen) atoms. The average Bonchev–Trinajstić information content (AvgIpc) is 2.35. The van der Waals surface area contributed by atoms with E-state index in [-0.39, 0.29) is 11.9 Å². The fourth-order valence-electron chi connectivity index (χ4n) is 1.92. The van der Waals surface area contributed by atoms with Crippen molar-refractivity contribution in [2.24, 2.45) is 0 Å². The molecule has 0 saturated heterocycles. The first kappa shape index (κ1) is 13.5. The minimum atomic E-state index is -0.237. The van der Waals surface area contributed by atoms with Crippen LogP contribution in [0, 0.1) is 5.82 Å². The highest BCUT2D eigenvalue weighted by Gasteiger charge is 2.18. The zero-order valence-electron chi connectivity index (χ0n) is 9.75. The van der Waals surface area contributed by atoms with Crippen molar-refractivity contribution in [3.05, 3.63) is 68.9 Å². The minimum Gasteiger partial charge on any atom is -0.309 e. The van der Waals surface area contributed by atoms with Crippen molar-refractivity contribution in [3.63, 3.8) is 0 Å². The third-order valence-corrected chi connectivity index (χ3v) is 3.72. The molecule has 0 aliphatic heterocycles. The second-order valence-electron chi connectivity index (χ2n) is 3.91. The van der Waals surface area contributed by atoms with Gasteiger partial charge >= 0.3 is 0 Å².